The number of aryl methyl sites for hydroxylation is 1. The van der Waals surface area contributed by atoms with Gasteiger partial charge in [-0.3, -0.25) is 9.69 Å². The number of halogens is 1. The number of ether oxygens (including phenoxy) is 2. The van der Waals surface area contributed by atoms with Gasteiger partial charge in [-0.05, 0) is 81.1 Å². The number of rotatable bonds is 6. The van der Waals surface area contributed by atoms with Crippen molar-refractivity contribution in [3.63, 3.8) is 0 Å². The molecule has 0 bridgehead atoms. The maximum atomic E-state index is 15.0. The Hall–Kier alpha value is -3.50. The van der Waals surface area contributed by atoms with Gasteiger partial charge in [0, 0.05) is 30.0 Å². The molecule has 4 fully saturated rings. The summed E-state index contributed by atoms with van der Waals surface area (Å²) in [6, 6.07) is 6.56. The molecule has 0 unspecified atom stereocenters. The summed E-state index contributed by atoms with van der Waals surface area (Å²) in [5, 5.41) is 12.0. The lowest BCUT2D eigenvalue weighted by Gasteiger charge is -2.48. The van der Waals surface area contributed by atoms with Gasteiger partial charge in [0.05, 0.1) is 36.7 Å². The Morgan fingerprint density at radius 3 is 2.60 bits per heavy atom. The number of carbonyl (C=O) groups excluding carboxylic acids is 1. The number of benzene rings is 2. The van der Waals surface area contributed by atoms with Crippen LogP contribution in [0.3, 0.4) is 0 Å². The van der Waals surface area contributed by atoms with Gasteiger partial charge in [0.25, 0.3) is 5.91 Å². The molecule has 8 rings (SSSR count). The summed E-state index contributed by atoms with van der Waals surface area (Å²) in [6.07, 6.45) is 7.14. The first-order chi connectivity index (χ1) is 20.9. The van der Waals surface area contributed by atoms with Crippen molar-refractivity contribution in [2.75, 3.05) is 55.8 Å². The zero-order valence-corrected chi connectivity index (χ0v) is 24.7. The minimum absolute atomic E-state index is 0.0233. The number of piperidine rings is 1. The summed E-state index contributed by atoms with van der Waals surface area (Å²) >= 11 is 0. The number of fused-ring (bicyclic) bond motifs is 3. The lowest BCUT2D eigenvalue weighted by atomic mass is 9.78. The van der Waals surface area contributed by atoms with Crippen molar-refractivity contribution >= 4 is 28.2 Å². The molecule has 5 aliphatic rings. The molecule has 0 aliphatic carbocycles. The molecule has 5 aliphatic heterocycles. The number of carbonyl (C=O) groups is 1. The highest BCUT2D eigenvalue weighted by Gasteiger charge is 2.47. The van der Waals surface area contributed by atoms with Gasteiger partial charge in [-0.15, -0.1) is 0 Å². The Balaban J connectivity index is 1.20. The zero-order valence-electron chi connectivity index (χ0n) is 24.7. The Morgan fingerprint density at radius 1 is 1.07 bits per heavy atom. The molecule has 1 spiro atoms. The van der Waals surface area contributed by atoms with E-state index in [4.69, 9.17) is 19.4 Å². The van der Waals surface area contributed by atoms with Gasteiger partial charge in [-0.1, -0.05) is 13.0 Å². The van der Waals surface area contributed by atoms with Gasteiger partial charge in [0.15, 0.2) is 0 Å². The third-order valence-electron chi connectivity index (χ3n) is 10.5. The highest BCUT2D eigenvalue weighted by molar-refractivity contribution is 6.16. The smallest absolute Gasteiger partial charge is 0.318 e. The highest BCUT2D eigenvalue weighted by Crippen LogP contribution is 2.44. The third-order valence-corrected chi connectivity index (χ3v) is 10.5. The number of amides is 1. The minimum atomic E-state index is -0.323. The molecule has 4 saturated heterocycles. The van der Waals surface area contributed by atoms with Crippen molar-refractivity contribution < 1.29 is 23.8 Å². The van der Waals surface area contributed by atoms with Gasteiger partial charge < -0.3 is 24.4 Å². The van der Waals surface area contributed by atoms with Crippen molar-refractivity contribution in [1.29, 1.82) is 0 Å². The van der Waals surface area contributed by atoms with Crippen LogP contribution in [0.4, 0.5) is 15.9 Å². The first-order valence-corrected chi connectivity index (χ1v) is 15.8. The number of phenols is 1. The fraction of sp³-hybridized carbons (Fsp3) is 0.545. The molecule has 43 heavy (non-hydrogen) atoms. The predicted molar refractivity (Wildman–Crippen MR) is 160 cm³/mol. The maximum Gasteiger partial charge on any atom is 0.318 e. The van der Waals surface area contributed by atoms with E-state index in [0.717, 1.165) is 65.1 Å². The van der Waals surface area contributed by atoms with Crippen molar-refractivity contribution in [1.82, 2.24) is 14.9 Å². The number of aromatic nitrogens is 2. The molecule has 3 aromatic rings. The number of hydrogen-bond acceptors (Lipinski definition) is 8. The molecule has 6 heterocycles. The Kier molecular flexibility index (Phi) is 6.31. The van der Waals surface area contributed by atoms with Crippen LogP contribution in [0, 0.1) is 11.2 Å². The van der Waals surface area contributed by atoms with Crippen LogP contribution in [0.5, 0.6) is 11.8 Å². The number of anilines is 2. The van der Waals surface area contributed by atoms with E-state index >= 15 is 0 Å². The van der Waals surface area contributed by atoms with Gasteiger partial charge >= 0.3 is 6.01 Å². The summed E-state index contributed by atoms with van der Waals surface area (Å²) in [4.78, 5) is 30.5. The zero-order chi connectivity index (χ0) is 29.3. The van der Waals surface area contributed by atoms with Crippen LogP contribution in [-0.2, 0) is 17.7 Å². The second-order valence-electron chi connectivity index (χ2n) is 13.2. The van der Waals surface area contributed by atoms with Gasteiger partial charge in [-0.2, -0.15) is 9.97 Å². The average Bonchev–Trinajstić information content (AvgIpc) is 3.67. The van der Waals surface area contributed by atoms with Crippen molar-refractivity contribution in [2.45, 2.75) is 64.0 Å². The molecule has 2 aromatic carbocycles. The van der Waals surface area contributed by atoms with E-state index in [9.17, 15) is 14.3 Å². The number of aromatic hydroxyl groups is 1. The summed E-state index contributed by atoms with van der Waals surface area (Å²) in [5.41, 5.74) is 2.21. The predicted octanol–water partition coefficient (Wildman–Crippen LogP) is 4.82. The summed E-state index contributed by atoms with van der Waals surface area (Å²) in [6.45, 7) is 7.84. The molecule has 0 saturated carbocycles. The maximum absolute atomic E-state index is 15.0. The summed E-state index contributed by atoms with van der Waals surface area (Å²) in [5.74, 6) is 0.0682. The minimum Gasteiger partial charge on any atom is -0.508 e. The van der Waals surface area contributed by atoms with Crippen LogP contribution in [-0.4, -0.2) is 77.4 Å². The van der Waals surface area contributed by atoms with Crippen LogP contribution in [0.25, 0.3) is 10.8 Å². The molecule has 226 valence electrons. The van der Waals surface area contributed by atoms with E-state index in [2.05, 4.69) is 9.80 Å². The van der Waals surface area contributed by atoms with E-state index in [1.54, 1.807) is 23.1 Å². The summed E-state index contributed by atoms with van der Waals surface area (Å²) < 4.78 is 27.0. The number of phenolic OH excluding ortho intramolecular Hbond substituents is 1. The Morgan fingerprint density at radius 2 is 1.86 bits per heavy atom. The first-order valence-electron chi connectivity index (χ1n) is 15.8. The molecule has 1 aromatic heterocycles. The highest BCUT2D eigenvalue weighted by atomic mass is 19.1. The second kappa shape index (κ2) is 10.0. The largest absolute Gasteiger partial charge is 0.508 e. The molecular formula is C33H38FN5O4. The van der Waals surface area contributed by atoms with E-state index in [-0.39, 0.29) is 35.0 Å². The van der Waals surface area contributed by atoms with Crippen LogP contribution in [0.2, 0.25) is 0 Å². The SMILES string of the molecule is CCc1c(F)ccc2cc(O)cc(N3Cc4nc(OCC56CCCN5CCC6)nc(N5CCCC6(COC6)C5)c4C3=O)c12. The van der Waals surface area contributed by atoms with E-state index in [0.29, 0.717) is 58.1 Å². The van der Waals surface area contributed by atoms with Crippen LogP contribution in [0.15, 0.2) is 24.3 Å². The normalized spacial score (nSPS) is 22.3. The fourth-order valence-corrected chi connectivity index (χ4v) is 8.36. The average molecular weight is 588 g/mol. The third kappa shape index (κ3) is 4.28. The van der Waals surface area contributed by atoms with E-state index < -0.39 is 0 Å². The standard InChI is InChI=1S/C33H38FN5O4/c1-2-23-24(34)7-6-21-14-22(40)15-26(27(21)23)39-16-25-28(30(39)41)29(37-11-3-8-32(17-37)18-42-19-32)36-31(35-25)43-20-33-9-4-12-38(33)13-5-10-33/h6-7,14-15,40H,2-5,8-13,16-20H2,1H3. The Bertz CT molecular complexity index is 1610. The second-order valence-corrected chi connectivity index (χ2v) is 13.2. The monoisotopic (exact) mass is 587 g/mol. The molecule has 9 nitrogen and oxygen atoms in total. The van der Waals surface area contributed by atoms with Gasteiger partial charge in [0.2, 0.25) is 0 Å². The van der Waals surface area contributed by atoms with Gasteiger partial charge in [-0.25, -0.2) is 4.39 Å². The lowest BCUT2D eigenvalue weighted by Crippen LogP contribution is -2.54. The lowest BCUT2D eigenvalue weighted by molar-refractivity contribution is -0.117. The summed E-state index contributed by atoms with van der Waals surface area (Å²) in [7, 11) is 0. The molecule has 10 heteroatoms. The fourth-order valence-electron chi connectivity index (χ4n) is 8.36. The van der Waals surface area contributed by atoms with Crippen LogP contribution >= 0.6 is 0 Å². The molecule has 0 atom stereocenters. The quantitative estimate of drug-likeness (QED) is 0.439. The van der Waals surface area contributed by atoms with Gasteiger partial charge in [0.1, 0.15) is 29.6 Å². The van der Waals surface area contributed by atoms with Crippen molar-refractivity contribution in [3.8, 4) is 11.8 Å². The van der Waals surface area contributed by atoms with Crippen molar-refractivity contribution in [3.05, 3.63) is 46.9 Å². The van der Waals surface area contributed by atoms with E-state index in [1.165, 1.54) is 18.9 Å². The molecule has 0 radical (unpaired) electrons. The molecule has 1 amide bonds. The van der Waals surface area contributed by atoms with E-state index in [1.807, 2.05) is 6.92 Å². The molecular weight excluding hydrogens is 549 g/mol. The first kappa shape index (κ1) is 27.1. The van der Waals surface area contributed by atoms with Crippen molar-refractivity contribution in [2.24, 2.45) is 5.41 Å². The van der Waals surface area contributed by atoms with Crippen LogP contribution in [0.1, 0.15) is 67.1 Å². The number of hydrogen-bond donors (Lipinski definition) is 1. The molecule has 1 N–H and O–H groups in total. The topological polar surface area (TPSA) is 91.3 Å². The Labute approximate surface area is 250 Å². The number of nitrogens with zero attached hydrogens (tertiary/aromatic N) is 5. The van der Waals surface area contributed by atoms with Crippen LogP contribution < -0.4 is 14.5 Å².